The molecule has 0 bridgehead atoms. The lowest BCUT2D eigenvalue weighted by atomic mass is 10.1. The molecule has 2 N–H and O–H groups in total. The molecule has 0 saturated heterocycles. The van der Waals surface area contributed by atoms with Crippen molar-refractivity contribution in [1.82, 2.24) is 15.4 Å². The molecule has 2 rings (SSSR count). The number of alkyl halides is 1. The van der Waals surface area contributed by atoms with Crippen LogP contribution in [0.4, 0.5) is 10.1 Å². The van der Waals surface area contributed by atoms with Gasteiger partial charge in [-0.15, -0.1) is 0 Å². The number of nitrogens with zero attached hydrogens (tertiary/aromatic N) is 3. The first kappa shape index (κ1) is 17.3. The van der Waals surface area contributed by atoms with Crippen molar-refractivity contribution in [3.63, 3.8) is 0 Å². The third-order valence-electron chi connectivity index (χ3n) is 3.19. The van der Waals surface area contributed by atoms with Crippen LogP contribution in [0.2, 0.25) is 0 Å². The maximum Gasteiger partial charge on any atom is 0.293 e. The fraction of sp³-hybridized carbons (Fsp3) is 0.250. The highest BCUT2D eigenvalue weighted by molar-refractivity contribution is 6.02. The predicted molar refractivity (Wildman–Crippen MR) is 88.2 cm³/mol. The number of hydrogen-bond donors (Lipinski definition) is 2. The second-order valence-electron chi connectivity index (χ2n) is 4.75. The van der Waals surface area contributed by atoms with E-state index in [1.807, 2.05) is 0 Å². The lowest BCUT2D eigenvalue weighted by Crippen LogP contribution is -2.15. The average Bonchev–Trinajstić information content (AvgIpc) is 2.64. The van der Waals surface area contributed by atoms with Crippen LogP contribution >= 0.6 is 0 Å². The number of nitrogens with one attached hydrogen (secondary N) is 2. The van der Waals surface area contributed by atoms with Crippen LogP contribution in [-0.2, 0) is 22.8 Å². The summed E-state index contributed by atoms with van der Waals surface area (Å²) < 4.78 is 18.1. The number of hydrazone groups is 1. The highest BCUT2D eigenvalue weighted by Gasteiger charge is 2.10. The predicted octanol–water partition coefficient (Wildman–Crippen LogP) is 1.65. The maximum absolute atomic E-state index is 13.4. The monoisotopic (exact) mass is 331 g/mol. The van der Waals surface area contributed by atoms with E-state index in [1.54, 1.807) is 43.8 Å². The van der Waals surface area contributed by atoms with E-state index in [4.69, 9.17) is 4.74 Å². The van der Waals surface area contributed by atoms with Crippen molar-refractivity contribution in [1.29, 1.82) is 0 Å². The molecule has 1 heterocycles. The van der Waals surface area contributed by atoms with Crippen LogP contribution in [0, 0.1) is 0 Å². The first-order valence-corrected chi connectivity index (χ1v) is 7.25. The molecule has 7 nitrogen and oxygen atoms in total. The number of aromatic nitrogens is 2. The van der Waals surface area contributed by atoms with E-state index in [9.17, 15) is 9.18 Å². The molecule has 8 heteroatoms. The zero-order valence-electron chi connectivity index (χ0n) is 13.2. The van der Waals surface area contributed by atoms with Crippen LogP contribution in [0.15, 0.2) is 41.9 Å². The molecule has 0 aliphatic rings. The van der Waals surface area contributed by atoms with E-state index in [2.05, 4.69) is 25.8 Å². The Morgan fingerprint density at radius 3 is 2.96 bits per heavy atom. The third kappa shape index (κ3) is 4.73. The van der Waals surface area contributed by atoms with Gasteiger partial charge in [0.25, 0.3) is 6.47 Å². The zero-order valence-corrected chi connectivity index (χ0v) is 13.2. The Morgan fingerprint density at radius 2 is 2.29 bits per heavy atom. The van der Waals surface area contributed by atoms with E-state index < -0.39 is 6.67 Å². The minimum Gasteiger partial charge on any atom is -0.461 e. The van der Waals surface area contributed by atoms with Crippen molar-refractivity contribution in [3.05, 3.63) is 53.6 Å². The fourth-order valence-electron chi connectivity index (χ4n) is 2.09. The molecule has 0 spiro atoms. The molecule has 0 aliphatic carbocycles. The maximum atomic E-state index is 13.4. The van der Waals surface area contributed by atoms with Gasteiger partial charge >= 0.3 is 0 Å². The lowest BCUT2D eigenvalue weighted by Gasteiger charge is -2.12. The average molecular weight is 331 g/mol. The molecular weight excluding hydrogens is 313 g/mol. The summed E-state index contributed by atoms with van der Waals surface area (Å²) in [5.74, 6) is 0. The Morgan fingerprint density at radius 1 is 1.42 bits per heavy atom. The molecule has 0 fully saturated rings. The van der Waals surface area contributed by atoms with Crippen LogP contribution in [0.3, 0.4) is 0 Å². The molecule has 0 atom stereocenters. The number of carbonyl (C=O) groups is 1. The van der Waals surface area contributed by atoms with Crippen LogP contribution in [-0.4, -0.2) is 35.8 Å². The lowest BCUT2D eigenvalue weighted by molar-refractivity contribution is -0.127. The molecule has 1 aromatic carbocycles. The number of anilines is 1. The van der Waals surface area contributed by atoms with Crippen molar-refractivity contribution in [2.75, 3.05) is 19.0 Å². The topological polar surface area (TPSA) is 88.5 Å². The summed E-state index contributed by atoms with van der Waals surface area (Å²) in [6, 6.07) is 5.21. The quantitative estimate of drug-likeness (QED) is 0.413. The van der Waals surface area contributed by atoms with Crippen molar-refractivity contribution in [2.45, 2.75) is 13.2 Å². The van der Waals surface area contributed by atoms with E-state index in [-0.39, 0.29) is 6.61 Å². The Kier molecular flexibility index (Phi) is 6.63. The van der Waals surface area contributed by atoms with Gasteiger partial charge in [0, 0.05) is 36.3 Å². The summed E-state index contributed by atoms with van der Waals surface area (Å²) in [4.78, 5) is 18.5. The van der Waals surface area contributed by atoms with Gasteiger partial charge in [-0.1, -0.05) is 6.07 Å². The van der Waals surface area contributed by atoms with Crippen LogP contribution in [0.1, 0.15) is 16.8 Å². The molecule has 0 amide bonds. The molecule has 2 aromatic rings. The van der Waals surface area contributed by atoms with Crippen LogP contribution < -0.4 is 10.7 Å². The minimum absolute atomic E-state index is 0.00243. The van der Waals surface area contributed by atoms with Gasteiger partial charge in [0.2, 0.25) is 0 Å². The van der Waals surface area contributed by atoms with Gasteiger partial charge < -0.3 is 15.5 Å². The SMILES string of the molecule is CN/N=C(\COC=O)c1ccc(NCc2cnccn2)c(CF)c1. The largest absolute Gasteiger partial charge is 0.461 e. The zero-order chi connectivity index (χ0) is 17.2. The van der Waals surface area contributed by atoms with Gasteiger partial charge in [-0.2, -0.15) is 5.10 Å². The Bertz CT molecular complexity index is 694. The molecule has 24 heavy (non-hydrogen) atoms. The number of benzene rings is 1. The highest BCUT2D eigenvalue weighted by atomic mass is 19.1. The van der Waals surface area contributed by atoms with Gasteiger partial charge in [-0.3, -0.25) is 14.8 Å². The van der Waals surface area contributed by atoms with Crippen molar-refractivity contribution < 1.29 is 13.9 Å². The number of carbonyl (C=O) groups excluding carboxylic acids is 1. The molecule has 1 aromatic heterocycles. The second kappa shape index (κ2) is 9.19. The number of rotatable bonds is 9. The summed E-state index contributed by atoms with van der Waals surface area (Å²) >= 11 is 0. The number of hydrogen-bond acceptors (Lipinski definition) is 7. The normalized spacial score (nSPS) is 11.0. The first-order valence-electron chi connectivity index (χ1n) is 7.25. The Balaban J connectivity index is 2.16. The smallest absolute Gasteiger partial charge is 0.293 e. The van der Waals surface area contributed by atoms with E-state index in [0.29, 0.717) is 35.5 Å². The van der Waals surface area contributed by atoms with Gasteiger partial charge in [-0.05, 0) is 12.1 Å². The van der Waals surface area contributed by atoms with E-state index >= 15 is 0 Å². The molecule has 126 valence electrons. The van der Waals surface area contributed by atoms with Crippen LogP contribution in [0.5, 0.6) is 0 Å². The number of ether oxygens (including phenoxy) is 1. The minimum atomic E-state index is -0.641. The van der Waals surface area contributed by atoms with Crippen molar-refractivity contribution in [2.24, 2.45) is 5.10 Å². The summed E-state index contributed by atoms with van der Waals surface area (Å²) in [7, 11) is 1.63. The molecule has 0 radical (unpaired) electrons. The van der Waals surface area contributed by atoms with E-state index in [1.165, 1.54) is 0 Å². The summed E-state index contributed by atoms with van der Waals surface area (Å²) in [5.41, 5.74) is 5.70. The van der Waals surface area contributed by atoms with Gasteiger partial charge in [0.1, 0.15) is 19.0 Å². The molecule has 0 unspecified atom stereocenters. The van der Waals surface area contributed by atoms with Gasteiger partial charge in [0.05, 0.1) is 18.4 Å². The Hall–Kier alpha value is -3.03. The number of halogens is 1. The summed E-state index contributed by atoms with van der Waals surface area (Å²) in [6.45, 7) is 0.143. The molecular formula is C16H18FN5O2. The summed E-state index contributed by atoms with van der Waals surface area (Å²) in [5, 5.41) is 7.19. The van der Waals surface area contributed by atoms with Gasteiger partial charge in [-0.25, -0.2) is 4.39 Å². The molecule has 0 aliphatic heterocycles. The molecule has 0 saturated carbocycles. The van der Waals surface area contributed by atoms with Gasteiger partial charge in [0.15, 0.2) is 0 Å². The van der Waals surface area contributed by atoms with Crippen molar-refractivity contribution in [3.8, 4) is 0 Å². The first-order chi connectivity index (χ1) is 11.8. The summed E-state index contributed by atoms with van der Waals surface area (Å²) in [6.07, 6.45) is 4.84. The van der Waals surface area contributed by atoms with Crippen LogP contribution in [0.25, 0.3) is 0 Å². The fourth-order valence-corrected chi connectivity index (χ4v) is 2.09. The van der Waals surface area contributed by atoms with E-state index in [0.717, 1.165) is 5.69 Å². The second-order valence-corrected chi connectivity index (χ2v) is 4.75. The standard InChI is InChI=1S/C16H18FN5O2/c1-18-22-16(10-24-11-23)12-2-3-15(13(6-12)7-17)21-9-14-8-19-4-5-20-14/h2-6,8,11,18,21H,7,9-10H2,1H3/b22-16+. The van der Waals surface area contributed by atoms with Crippen molar-refractivity contribution >= 4 is 17.9 Å². The third-order valence-corrected chi connectivity index (χ3v) is 3.19. The Labute approximate surface area is 139 Å². The highest BCUT2D eigenvalue weighted by Crippen LogP contribution is 2.20.